The number of methoxy groups -OCH3 is 1. The van der Waals surface area contributed by atoms with Gasteiger partial charge in [-0.05, 0) is 24.8 Å². The number of nitrogens with two attached hydrogens (primary N) is 1. The van der Waals surface area contributed by atoms with E-state index in [1.54, 1.807) is 7.11 Å². The molecule has 20 heavy (non-hydrogen) atoms. The standard InChI is InChI=1S/C15H23N3O.HI/c1-19-14(13-8-4-2-5-9-13)12-17-15(16)18-10-6-3-7-11-18;/h2,4-5,8-9,14H,3,6-7,10-12H2,1H3,(H2,16,17);1H. The molecule has 1 heterocycles. The highest BCUT2D eigenvalue weighted by Crippen LogP contribution is 2.16. The first-order valence-corrected chi connectivity index (χ1v) is 6.94. The molecule has 1 unspecified atom stereocenters. The maximum atomic E-state index is 6.05. The Morgan fingerprint density at radius 3 is 2.50 bits per heavy atom. The van der Waals surface area contributed by atoms with Gasteiger partial charge in [-0.2, -0.15) is 0 Å². The highest BCUT2D eigenvalue weighted by Gasteiger charge is 2.13. The van der Waals surface area contributed by atoms with Crippen molar-refractivity contribution in [1.29, 1.82) is 0 Å². The molecular formula is C15H24IN3O. The minimum absolute atomic E-state index is 0. The second-order valence-corrected chi connectivity index (χ2v) is 4.88. The largest absolute Gasteiger partial charge is 0.375 e. The molecule has 0 spiro atoms. The van der Waals surface area contributed by atoms with Crippen LogP contribution in [0.4, 0.5) is 0 Å². The fourth-order valence-corrected chi connectivity index (χ4v) is 2.38. The maximum Gasteiger partial charge on any atom is 0.191 e. The molecule has 0 aromatic heterocycles. The molecule has 1 atom stereocenters. The summed E-state index contributed by atoms with van der Waals surface area (Å²) >= 11 is 0. The van der Waals surface area contributed by atoms with Crippen LogP contribution in [0.5, 0.6) is 0 Å². The van der Waals surface area contributed by atoms with Crippen molar-refractivity contribution in [3.05, 3.63) is 35.9 Å². The number of rotatable bonds is 4. The van der Waals surface area contributed by atoms with Crippen LogP contribution in [-0.2, 0) is 4.74 Å². The first-order chi connectivity index (χ1) is 9.31. The van der Waals surface area contributed by atoms with Crippen molar-refractivity contribution in [3.63, 3.8) is 0 Å². The zero-order valence-corrected chi connectivity index (χ0v) is 14.3. The monoisotopic (exact) mass is 389 g/mol. The SMILES string of the molecule is COC(CN=C(N)N1CCCCC1)c1ccccc1.I. The van der Waals surface area contributed by atoms with Crippen molar-refractivity contribution < 1.29 is 4.74 Å². The van der Waals surface area contributed by atoms with Crippen LogP contribution >= 0.6 is 24.0 Å². The van der Waals surface area contributed by atoms with Crippen LogP contribution < -0.4 is 5.73 Å². The third-order valence-electron chi connectivity index (χ3n) is 3.56. The van der Waals surface area contributed by atoms with Gasteiger partial charge < -0.3 is 15.4 Å². The van der Waals surface area contributed by atoms with Crippen LogP contribution in [0, 0.1) is 0 Å². The maximum absolute atomic E-state index is 6.05. The molecular weight excluding hydrogens is 365 g/mol. The molecule has 0 bridgehead atoms. The van der Waals surface area contributed by atoms with Gasteiger partial charge in [0.2, 0.25) is 0 Å². The number of nitrogens with zero attached hydrogens (tertiary/aromatic N) is 2. The summed E-state index contributed by atoms with van der Waals surface area (Å²) in [7, 11) is 1.71. The van der Waals surface area contributed by atoms with Crippen LogP contribution in [0.1, 0.15) is 30.9 Å². The van der Waals surface area contributed by atoms with Crippen molar-refractivity contribution in [1.82, 2.24) is 4.90 Å². The molecule has 2 N–H and O–H groups in total. The molecule has 1 fully saturated rings. The highest BCUT2D eigenvalue weighted by molar-refractivity contribution is 14.0. The van der Waals surface area contributed by atoms with Crippen LogP contribution in [0.3, 0.4) is 0 Å². The second kappa shape index (κ2) is 9.18. The van der Waals surface area contributed by atoms with Gasteiger partial charge in [-0.1, -0.05) is 30.3 Å². The van der Waals surface area contributed by atoms with E-state index in [0.29, 0.717) is 12.5 Å². The Kier molecular flexibility index (Phi) is 7.91. The van der Waals surface area contributed by atoms with E-state index in [-0.39, 0.29) is 30.1 Å². The van der Waals surface area contributed by atoms with Gasteiger partial charge in [0.05, 0.1) is 6.54 Å². The van der Waals surface area contributed by atoms with Crippen LogP contribution in [0.25, 0.3) is 0 Å². The van der Waals surface area contributed by atoms with E-state index in [1.807, 2.05) is 18.2 Å². The normalized spacial score (nSPS) is 17.4. The Labute approximate surface area is 138 Å². The summed E-state index contributed by atoms with van der Waals surface area (Å²) in [6.45, 7) is 2.62. The molecule has 4 nitrogen and oxygen atoms in total. The van der Waals surface area contributed by atoms with Crippen LogP contribution in [0.15, 0.2) is 35.3 Å². The summed E-state index contributed by atoms with van der Waals surface area (Å²) < 4.78 is 5.49. The zero-order chi connectivity index (χ0) is 13.5. The van der Waals surface area contributed by atoms with E-state index in [4.69, 9.17) is 10.5 Å². The lowest BCUT2D eigenvalue weighted by Crippen LogP contribution is -2.41. The molecule has 1 aliphatic heterocycles. The molecule has 1 saturated heterocycles. The lowest BCUT2D eigenvalue weighted by molar-refractivity contribution is 0.110. The first-order valence-electron chi connectivity index (χ1n) is 6.94. The molecule has 1 aromatic rings. The number of benzene rings is 1. The number of hydrogen-bond donors (Lipinski definition) is 1. The van der Waals surface area contributed by atoms with Crippen molar-refractivity contribution in [2.24, 2.45) is 10.7 Å². The number of piperidine rings is 1. The summed E-state index contributed by atoms with van der Waals surface area (Å²) in [6, 6.07) is 10.1. The minimum atomic E-state index is -0.0236. The summed E-state index contributed by atoms with van der Waals surface area (Å²) in [6.07, 6.45) is 3.70. The van der Waals surface area contributed by atoms with E-state index in [9.17, 15) is 0 Å². The Balaban J connectivity index is 0.00000200. The van der Waals surface area contributed by atoms with Gasteiger partial charge in [0.15, 0.2) is 5.96 Å². The fourth-order valence-electron chi connectivity index (χ4n) is 2.38. The third kappa shape index (κ3) is 4.94. The molecule has 0 aliphatic carbocycles. The summed E-state index contributed by atoms with van der Waals surface area (Å²) in [4.78, 5) is 6.66. The van der Waals surface area contributed by atoms with E-state index in [1.165, 1.54) is 19.3 Å². The van der Waals surface area contributed by atoms with E-state index >= 15 is 0 Å². The van der Waals surface area contributed by atoms with Crippen molar-refractivity contribution in [2.45, 2.75) is 25.4 Å². The highest BCUT2D eigenvalue weighted by atomic mass is 127. The summed E-state index contributed by atoms with van der Waals surface area (Å²) in [5, 5.41) is 0. The number of ether oxygens (including phenoxy) is 1. The van der Waals surface area contributed by atoms with Gasteiger partial charge in [-0.3, -0.25) is 4.99 Å². The smallest absolute Gasteiger partial charge is 0.191 e. The van der Waals surface area contributed by atoms with Crippen molar-refractivity contribution in [2.75, 3.05) is 26.7 Å². The number of likely N-dealkylation sites (tertiary alicyclic amines) is 1. The lowest BCUT2D eigenvalue weighted by Gasteiger charge is -2.27. The van der Waals surface area contributed by atoms with Crippen molar-refractivity contribution >= 4 is 29.9 Å². The predicted molar refractivity (Wildman–Crippen MR) is 93.5 cm³/mol. The molecule has 2 rings (SSSR count). The minimum Gasteiger partial charge on any atom is -0.375 e. The van der Waals surface area contributed by atoms with E-state index in [2.05, 4.69) is 22.0 Å². The molecule has 1 aromatic carbocycles. The topological polar surface area (TPSA) is 50.9 Å². The first kappa shape index (κ1) is 17.2. The number of guanidine groups is 1. The molecule has 0 saturated carbocycles. The molecule has 5 heteroatoms. The van der Waals surface area contributed by atoms with Gasteiger partial charge in [-0.25, -0.2) is 0 Å². The third-order valence-corrected chi connectivity index (χ3v) is 3.56. The predicted octanol–water partition coefficient (Wildman–Crippen LogP) is 2.79. The molecule has 1 aliphatic rings. The van der Waals surface area contributed by atoms with E-state index < -0.39 is 0 Å². The lowest BCUT2D eigenvalue weighted by atomic mass is 10.1. The average Bonchev–Trinajstić information content (AvgIpc) is 2.49. The quantitative estimate of drug-likeness (QED) is 0.490. The zero-order valence-electron chi connectivity index (χ0n) is 12.0. The van der Waals surface area contributed by atoms with Crippen LogP contribution in [-0.4, -0.2) is 37.6 Å². The van der Waals surface area contributed by atoms with Gasteiger partial charge in [-0.15, -0.1) is 24.0 Å². The second-order valence-electron chi connectivity index (χ2n) is 4.88. The summed E-state index contributed by atoms with van der Waals surface area (Å²) in [5.74, 6) is 0.651. The fraction of sp³-hybridized carbons (Fsp3) is 0.533. The average molecular weight is 389 g/mol. The number of hydrogen-bond acceptors (Lipinski definition) is 2. The van der Waals surface area contributed by atoms with Gasteiger partial charge in [0.25, 0.3) is 0 Å². The Morgan fingerprint density at radius 1 is 1.25 bits per heavy atom. The Morgan fingerprint density at radius 2 is 1.90 bits per heavy atom. The number of halogens is 1. The van der Waals surface area contributed by atoms with Gasteiger partial charge >= 0.3 is 0 Å². The molecule has 0 amide bonds. The Hall–Kier alpha value is -0.820. The van der Waals surface area contributed by atoms with Gasteiger partial charge in [0, 0.05) is 20.2 Å². The Bertz CT molecular complexity index is 405. The van der Waals surface area contributed by atoms with Crippen molar-refractivity contribution in [3.8, 4) is 0 Å². The number of aliphatic imine (C=N–C) groups is 1. The molecule has 0 radical (unpaired) electrons. The molecule has 112 valence electrons. The van der Waals surface area contributed by atoms with E-state index in [0.717, 1.165) is 18.7 Å². The summed E-state index contributed by atoms with van der Waals surface area (Å²) in [5.41, 5.74) is 7.19. The van der Waals surface area contributed by atoms with Gasteiger partial charge in [0.1, 0.15) is 6.10 Å². The van der Waals surface area contributed by atoms with Crippen LogP contribution in [0.2, 0.25) is 0 Å².